The van der Waals surface area contributed by atoms with Crippen LogP contribution in [0.2, 0.25) is 0 Å². The number of hydrogen-bond donors (Lipinski definition) is 0. The topological polar surface area (TPSA) is 34.1 Å². The van der Waals surface area contributed by atoms with Crippen molar-refractivity contribution in [3.63, 3.8) is 0 Å². The van der Waals surface area contributed by atoms with Gasteiger partial charge in [-0.1, -0.05) is 48.0 Å². The van der Waals surface area contributed by atoms with Crippen molar-refractivity contribution in [3.8, 4) is 0 Å². The molecule has 2 rings (SSSR count). The molecule has 0 saturated carbocycles. The van der Waals surface area contributed by atoms with Crippen LogP contribution in [0.1, 0.15) is 27.0 Å². The minimum atomic E-state index is -2.44. The zero-order valence-corrected chi connectivity index (χ0v) is 12.4. The summed E-state index contributed by atoms with van der Waals surface area (Å²) in [4.78, 5) is 12.4. The molecule has 0 amide bonds. The predicted molar refractivity (Wildman–Crippen MR) is 87.2 cm³/mol. The van der Waals surface area contributed by atoms with Crippen LogP contribution in [0, 0.1) is 20.8 Å². The Kier molecular flexibility index (Phi) is 6.42. The van der Waals surface area contributed by atoms with Crippen molar-refractivity contribution < 1.29 is 9.36 Å². The van der Waals surface area contributed by atoms with Crippen LogP contribution in [0.4, 0.5) is 0 Å². The molecule has 0 fully saturated rings. The van der Waals surface area contributed by atoms with Gasteiger partial charge in [0.2, 0.25) is 5.52 Å². The molecule has 1 unspecified atom stereocenters. The SMILES string of the molecule is Cc1cc(C)c(C(=O)[PH](=O)c2ccccc2)c(C)c1.[NaH]. The molecule has 0 aliphatic heterocycles. The van der Waals surface area contributed by atoms with E-state index in [-0.39, 0.29) is 35.1 Å². The molecule has 2 aromatic rings. The van der Waals surface area contributed by atoms with Crippen molar-refractivity contribution >= 4 is 48.2 Å². The summed E-state index contributed by atoms with van der Waals surface area (Å²) in [6, 6.07) is 12.9. The fourth-order valence-electron chi connectivity index (χ4n) is 2.37. The van der Waals surface area contributed by atoms with Gasteiger partial charge in [-0.05, 0) is 31.9 Å². The van der Waals surface area contributed by atoms with E-state index in [1.54, 1.807) is 24.3 Å². The van der Waals surface area contributed by atoms with Gasteiger partial charge in [0.1, 0.15) is 0 Å². The molecular formula is C16H18NaO2P. The Labute approximate surface area is 142 Å². The van der Waals surface area contributed by atoms with Crippen molar-refractivity contribution in [1.82, 2.24) is 0 Å². The zero-order chi connectivity index (χ0) is 14.0. The van der Waals surface area contributed by atoms with E-state index in [1.165, 1.54) is 0 Å². The van der Waals surface area contributed by atoms with Gasteiger partial charge in [-0.25, -0.2) is 0 Å². The van der Waals surface area contributed by atoms with Crippen molar-refractivity contribution in [1.29, 1.82) is 0 Å². The Morgan fingerprint density at radius 1 is 0.950 bits per heavy atom. The van der Waals surface area contributed by atoms with E-state index in [1.807, 2.05) is 39.0 Å². The molecule has 0 heterocycles. The number of rotatable bonds is 3. The fourth-order valence-corrected chi connectivity index (χ4v) is 3.75. The number of carbonyl (C=O) groups excluding carboxylic acids is 1. The van der Waals surface area contributed by atoms with Gasteiger partial charge < -0.3 is 4.57 Å². The molecular weight excluding hydrogens is 278 g/mol. The number of aryl methyl sites for hydroxylation is 3. The molecule has 0 saturated heterocycles. The molecule has 0 radical (unpaired) electrons. The number of hydrogen-bond acceptors (Lipinski definition) is 2. The molecule has 100 valence electrons. The number of benzene rings is 2. The Hall–Kier alpha value is -0.660. The van der Waals surface area contributed by atoms with E-state index >= 15 is 0 Å². The fraction of sp³-hybridized carbons (Fsp3) is 0.188. The third-order valence-corrected chi connectivity index (χ3v) is 4.67. The standard InChI is InChI=1S/C16H17O2P.Na.H/c1-11-9-12(2)15(13(3)10-11)16(17)19(18)14-7-5-4-6-8-14;;/h4-10,19H,1-3H3;;. The maximum absolute atomic E-state index is 12.4. The molecule has 0 spiro atoms. The monoisotopic (exact) mass is 296 g/mol. The van der Waals surface area contributed by atoms with Gasteiger partial charge in [0, 0.05) is 10.9 Å². The van der Waals surface area contributed by atoms with Crippen molar-refractivity contribution in [2.24, 2.45) is 0 Å². The van der Waals surface area contributed by atoms with Crippen LogP contribution >= 0.6 is 7.80 Å². The average molecular weight is 296 g/mol. The van der Waals surface area contributed by atoms with Crippen molar-refractivity contribution in [2.45, 2.75) is 20.8 Å². The molecule has 0 aliphatic rings. The quantitative estimate of drug-likeness (QED) is 0.644. The normalized spacial score (nSPS) is 11.6. The van der Waals surface area contributed by atoms with E-state index < -0.39 is 7.80 Å². The van der Waals surface area contributed by atoms with Crippen molar-refractivity contribution in [3.05, 3.63) is 64.7 Å². The molecule has 4 heteroatoms. The summed E-state index contributed by atoms with van der Waals surface area (Å²) >= 11 is 0. The third-order valence-electron chi connectivity index (χ3n) is 3.15. The van der Waals surface area contributed by atoms with E-state index in [0.29, 0.717) is 10.9 Å². The Balaban J connectivity index is 0.00000200. The van der Waals surface area contributed by atoms with Gasteiger partial charge in [0.25, 0.3) is 0 Å². The van der Waals surface area contributed by atoms with Gasteiger partial charge in [-0.3, -0.25) is 4.79 Å². The summed E-state index contributed by atoms with van der Waals surface area (Å²) in [5, 5.41) is 0.622. The first-order valence-electron chi connectivity index (χ1n) is 6.22. The molecule has 0 bridgehead atoms. The van der Waals surface area contributed by atoms with E-state index in [4.69, 9.17) is 0 Å². The molecule has 20 heavy (non-hydrogen) atoms. The summed E-state index contributed by atoms with van der Waals surface area (Å²) in [5.41, 5.74) is 3.28. The van der Waals surface area contributed by atoms with Crippen LogP contribution in [0.3, 0.4) is 0 Å². The van der Waals surface area contributed by atoms with Crippen LogP contribution in [-0.4, -0.2) is 35.1 Å². The molecule has 0 aliphatic carbocycles. The van der Waals surface area contributed by atoms with E-state index in [0.717, 1.165) is 16.7 Å². The van der Waals surface area contributed by atoms with Crippen LogP contribution in [0.5, 0.6) is 0 Å². The second kappa shape index (κ2) is 7.38. The Morgan fingerprint density at radius 3 is 1.95 bits per heavy atom. The second-order valence-electron chi connectivity index (χ2n) is 4.80. The van der Waals surface area contributed by atoms with Gasteiger partial charge >= 0.3 is 29.6 Å². The molecule has 2 aromatic carbocycles. The first kappa shape index (κ1) is 17.4. The van der Waals surface area contributed by atoms with Crippen LogP contribution < -0.4 is 5.30 Å². The van der Waals surface area contributed by atoms with Crippen LogP contribution in [-0.2, 0) is 4.57 Å². The third kappa shape index (κ3) is 3.71. The maximum atomic E-state index is 12.4. The molecule has 2 nitrogen and oxygen atoms in total. The summed E-state index contributed by atoms with van der Waals surface area (Å²) in [7, 11) is -2.44. The predicted octanol–water partition coefficient (Wildman–Crippen LogP) is 2.99. The first-order chi connectivity index (χ1) is 9.00. The molecule has 1 atom stereocenters. The van der Waals surface area contributed by atoms with Gasteiger partial charge in [0.15, 0.2) is 7.80 Å². The molecule has 0 aromatic heterocycles. The van der Waals surface area contributed by atoms with E-state index in [2.05, 4.69) is 0 Å². The Bertz CT molecular complexity index is 628. The van der Waals surface area contributed by atoms with Crippen molar-refractivity contribution in [2.75, 3.05) is 0 Å². The van der Waals surface area contributed by atoms with Crippen LogP contribution in [0.25, 0.3) is 0 Å². The second-order valence-corrected chi connectivity index (χ2v) is 6.49. The number of carbonyl (C=O) groups is 1. The Morgan fingerprint density at radius 2 is 1.45 bits per heavy atom. The molecule has 0 N–H and O–H groups in total. The summed E-state index contributed by atoms with van der Waals surface area (Å²) in [6.07, 6.45) is 0. The van der Waals surface area contributed by atoms with Gasteiger partial charge in [-0.2, -0.15) is 0 Å². The van der Waals surface area contributed by atoms with Crippen LogP contribution in [0.15, 0.2) is 42.5 Å². The van der Waals surface area contributed by atoms with Gasteiger partial charge in [-0.15, -0.1) is 0 Å². The average Bonchev–Trinajstić information content (AvgIpc) is 2.37. The van der Waals surface area contributed by atoms with E-state index in [9.17, 15) is 9.36 Å². The first-order valence-corrected chi connectivity index (χ1v) is 7.63. The summed E-state index contributed by atoms with van der Waals surface area (Å²) < 4.78 is 12.4. The summed E-state index contributed by atoms with van der Waals surface area (Å²) in [6.45, 7) is 5.79. The minimum absolute atomic E-state index is 0. The van der Waals surface area contributed by atoms with Gasteiger partial charge in [0.05, 0.1) is 0 Å². The zero-order valence-electron chi connectivity index (χ0n) is 11.4. The summed E-state index contributed by atoms with van der Waals surface area (Å²) in [5.74, 6) is 0.